The van der Waals surface area contributed by atoms with Gasteiger partial charge in [0.15, 0.2) is 5.96 Å². The molecule has 1 aromatic heterocycles. The van der Waals surface area contributed by atoms with Crippen molar-refractivity contribution in [1.82, 2.24) is 15.6 Å². The fraction of sp³-hybridized carbons (Fsp3) is 0.625. The van der Waals surface area contributed by atoms with Crippen LogP contribution in [0.25, 0.3) is 0 Å². The highest BCUT2D eigenvalue weighted by atomic mass is 127. The van der Waals surface area contributed by atoms with E-state index in [0.717, 1.165) is 30.5 Å². The number of guanidine groups is 1. The molecule has 1 heterocycles. The van der Waals surface area contributed by atoms with Crippen molar-refractivity contribution in [2.75, 3.05) is 13.7 Å². The molecule has 0 spiro atoms. The third-order valence-electron chi connectivity index (χ3n) is 3.64. The highest BCUT2D eigenvalue weighted by Crippen LogP contribution is 2.29. The predicted molar refractivity (Wildman–Crippen MR) is 101 cm³/mol. The number of hydrogen-bond donors (Lipinski definition) is 2. The van der Waals surface area contributed by atoms with Crippen molar-refractivity contribution < 1.29 is 4.74 Å². The van der Waals surface area contributed by atoms with Crippen molar-refractivity contribution in [2.24, 2.45) is 10.9 Å². The largest absolute Gasteiger partial charge is 0.477 e. The molecular formula is C16H27IN4O. The number of pyridine rings is 1. The summed E-state index contributed by atoms with van der Waals surface area (Å²) in [5.74, 6) is 2.29. The van der Waals surface area contributed by atoms with E-state index in [4.69, 9.17) is 4.74 Å². The number of nitrogens with zero attached hydrogens (tertiary/aromatic N) is 2. The molecule has 124 valence electrons. The topological polar surface area (TPSA) is 58.5 Å². The van der Waals surface area contributed by atoms with Crippen molar-refractivity contribution in [2.45, 2.75) is 45.7 Å². The molecule has 0 aromatic carbocycles. The molecule has 1 aliphatic rings. The molecule has 0 saturated heterocycles. The summed E-state index contributed by atoms with van der Waals surface area (Å²) >= 11 is 0. The first-order valence-corrected chi connectivity index (χ1v) is 7.76. The zero-order valence-electron chi connectivity index (χ0n) is 13.6. The number of nitrogens with one attached hydrogen (secondary N) is 2. The lowest BCUT2D eigenvalue weighted by Gasteiger charge is -2.16. The summed E-state index contributed by atoms with van der Waals surface area (Å²) in [5.41, 5.74) is 1.11. The van der Waals surface area contributed by atoms with Gasteiger partial charge in [0.05, 0.1) is 6.61 Å². The van der Waals surface area contributed by atoms with E-state index < -0.39 is 0 Å². The maximum absolute atomic E-state index is 5.63. The SMILES string of the molecule is CCC(C)NC(=NC)NCc1ccc(OCC2CC2)nc1.I. The predicted octanol–water partition coefficient (Wildman–Crippen LogP) is 2.95. The van der Waals surface area contributed by atoms with Crippen LogP contribution < -0.4 is 15.4 Å². The molecule has 0 bridgehead atoms. The van der Waals surface area contributed by atoms with Gasteiger partial charge in [-0.15, -0.1) is 24.0 Å². The first kappa shape index (κ1) is 19.0. The number of aromatic nitrogens is 1. The average molecular weight is 418 g/mol. The summed E-state index contributed by atoms with van der Waals surface area (Å²) in [4.78, 5) is 8.55. The molecule has 0 amide bonds. The van der Waals surface area contributed by atoms with Gasteiger partial charge in [0.1, 0.15) is 0 Å². The van der Waals surface area contributed by atoms with E-state index in [-0.39, 0.29) is 24.0 Å². The van der Waals surface area contributed by atoms with Crippen molar-refractivity contribution in [3.63, 3.8) is 0 Å². The molecule has 0 radical (unpaired) electrons. The molecule has 1 unspecified atom stereocenters. The Balaban J connectivity index is 0.00000242. The van der Waals surface area contributed by atoms with Crippen LogP contribution in [-0.4, -0.2) is 30.6 Å². The van der Waals surface area contributed by atoms with Crippen LogP contribution >= 0.6 is 24.0 Å². The van der Waals surface area contributed by atoms with Gasteiger partial charge >= 0.3 is 0 Å². The lowest BCUT2D eigenvalue weighted by atomic mass is 10.2. The van der Waals surface area contributed by atoms with E-state index in [2.05, 4.69) is 34.5 Å². The van der Waals surface area contributed by atoms with E-state index in [0.29, 0.717) is 18.5 Å². The second-order valence-corrected chi connectivity index (χ2v) is 5.64. The van der Waals surface area contributed by atoms with Gasteiger partial charge in [-0.1, -0.05) is 13.0 Å². The maximum atomic E-state index is 5.63. The summed E-state index contributed by atoms with van der Waals surface area (Å²) in [6.07, 6.45) is 5.51. The van der Waals surface area contributed by atoms with Crippen molar-refractivity contribution in [1.29, 1.82) is 0 Å². The summed E-state index contributed by atoms with van der Waals surface area (Å²) in [5, 5.41) is 6.62. The highest BCUT2D eigenvalue weighted by molar-refractivity contribution is 14.0. The average Bonchev–Trinajstić information content (AvgIpc) is 3.34. The molecule has 1 atom stereocenters. The molecule has 1 saturated carbocycles. The standard InChI is InChI=1S/C16H26N4O.HI/c1-4-12(2)20-16(17-3)19-10-14-7-8-15(18-9-14)21-11-13-5-6-13;/h7-9,12-13H,4-6,10-11H2,1-3H3,(H2,17,19,20);1H. The molecule has 2 rings (SSSR count). The second-order valence-electron chi connectivity index (χ2n) is 5.64. The quantitative estimate of drug-likeness (QED) is 0.406. The van der Waals surface area contributed by atoms with E-state index in [1.807, 2.05) is 18.3 Å². The minimum atomic E-state index is 0. The summed E-state index contributed by atoms with van der Waals surface area (Å²) in [7, 11) is 1.78. The minimum absolute atomic E-state index is 0. The van der Waals surface area contributed by atoms with E-state index in [1.54, 1.807) is 7.05 Å². The fourth-order valence-corrected chi connectivity index (χ4v) is 1.80. The van der Waals surface area contributed by atoms with Gasteiger partial charge in [-0.3, -0.25) is 4.99 Å². The van der Waals surface area contributed by atoms with Crippen LogP contribution in [0.4, 0.5) is 0 Å². The van der Waals surface area contributed by atoms with Crippen LogP contribution in [0, 0.1) is 5.92 Å². The van der Waals surface area contributed by atoms with Gasteiger partial charge in [0, 0.05) is 31.9 Å². The summed E-state index contributed by atoms with van der Waals surface area (Å²) in [6, 6.07) is 4.38. The lowest BCUT2D eigenvalue weighted by Crippen LogP contribution is -2.41. The van der Waals surface area contributed by atoms with Crippen molar-refractivity contribution >= 4 is 29.9 Å². The number of hydrogen-bond acceptors (Lipinski definition) is 3. The van der Waals surface area contributed by atoms with Gasteiger partial charge in [-0.25, -0.2) is 4.98 Å². The van der Waals surface area contributed by atoms with Crippen LogP contribution in [0.1, 0.15) is 38.7 Å². The number of ether oxygens (including phenoxy) is 1. The molecule has 5 nitrogen and oxygen atoms in total. The van der Waals surface area contributed by atoms with Crippen molar-refractivity contribution in [3.05, 3.63) is 23.9 Å². The first-order chi connectivity index (χ1) is 10.2. The Morgan fingerprint density at radius 3 is 2.77 bits per heavy atom. The number of aliphatic imine (C=N–C) groups is 1. The Morgan fingerprint density at radius 2 is 2.23 bits per heavy atom. The Bertz CT molecular complexity index is 460. The zero-order valence-corrected chi connectivity index (χ0v) is 16.0. The fourth-order valence-electron chi connectivity index (χ4n) is 1.80. The van der Waals surface area contributed by atoms with Gasteiger partial charge < -0.3 is 15.4 Å². The first-order valence-electron chi connectivity index (χ1n) is 7.76. The second kappa shape index (κ2) is 9.86. The van der Waals surface area contributed by atoms with Crippen LogP contribution in [0.2, 0.25) is 0 Å². The van der Waals surface area contributed by atoms with Crippen LogP contribution in [0.15, 0.2) is 23.3 Å². The molecule has 1 fully saturated rings. The normalized spacial score (nSPS) is 15.7. The van der Waals surface area contributed by atoms with Gasteiger partial charge in [-0.2, -0.15) is 0 Å². The van der Waals surface area contributed by atoms with Crippen LogP contribution in [0.3, 0.4) is 0 Å². The molecule has 6 heteroatoms. The molecule has 1 aromatic rings. The third-order valence-corrected chi connectivity index (χ3v) is 3.64. The van der Waals surface area contributed by atoms with Crippen molar-refractivity contribution in [3.8, 4) is 5.88 Å². The summed E-state index contributed by atoms with van der Waals surface area (Å²) in [6.45, 7) is 5.79. The monoisotopic (exact) mass is 418 g/mol. The Morgan fingerprint density at radius 1 is 1.45 bits per heavy atom. The molecule has 1 aliphatic carbocycles. The molecular weight excluding hydrogens is 391 g/mol. The number of rotatable bonds is 7. The highest BCUT2D eigenvalue weighted by Gasteiger charge is 2.21. The number of halogens is 1. The van der Waals surface area contributed by atoms with E-state index >= 15 is 0 Å². The summed E-state index contributed by atoms with van der Waals surface area (Å²) < 4.78 is 5.63. The van der Waals surface area contributed by atoms with Gasteiger partial charge in [0.2, 0.25) is 5.88 Å². The minimum Gasteiger partial charge on any atom is -0.477 e. The maximum Gasteiger partial charge on any atom is 0.213 e. The zero-order chi connectivity index (χ0) is 15.1. The Labute approximate surface area is 150 Å². The smallest absolute Gasteiger partial charge is 0.213 e. The lowest BCUT2D eigenvalue weighted by molar-refractivity contribution is 0.288. The third kappa shape index (κ3) is 6.81. The Kier molecular flexibility index (Phi) is 8.52. The van der Waals surface area contributed by atoms with Gasteiger partial charge in [0.25, 0.3) is 0 Å². The van der Waals surface area contributed by atoms with Crippen LogP contribution in [-0.2, 0) is 6.54 Å². The van der Waals surface area contributed by atoms with Crippen LogP contribution in [0.5, 0.6) is 5.88 Å². The molecule has 22 heavy (non-hydrogen) atoms. The van der Waals surface area contributed by atoms with Gasteiger partial charge in [-0.05, 0) is 37.7 Å². The van der Waals surface area contributed by atoms with E-state index in [9.17, 15) is 0 Å². The Hall–Kier alpha value is -1.05. The molecule has 2 N–H and O–H groups in total. The molecule has 0 aliphatic heterocycles. The van der Waals surface area contributed by atoms with E-state index in [1.165, 1.54) is 12.8 Å².